The van der Waals surface area contributed by atoms with Crippen molar-refractivity contribution < 1.29 is 41.2 Å². The third kappa shape index (κ3) is 6.13. The van der Waals surface area contributed by atoms with Crippen molar-refractivity contribution in [3.63, 3.8) is 0 Å². The van der Waals surface area contributed by atoms with Gasteiger partial charge in [0.05, 0.1) is 13.5 Å². The minimum atomic E-state index is -3.00. The summed E-state index contributed by atoms with van der Waals surface area (Å²) in [5.41, 5.74) is 0.989. The molecule has 0 N–H and O–H groups in total. The number of carbonyl (C=O) groups excluding carboxylic acids is 1. The third-order valence-electron chi connectivity index (χ3n) is 4.58. The molecule has 13 heteroatoms. The lowest BCUT2D eigenvalue weighted by atomic mass is 10.2. The number of ether oxygens (including phenoxy) is 3. The number of hydrogen-bond acceptors (Lipinski definition) is 10. The first-order chi connectivity index (χ1) is 16.9. The number of aromatic nitrogens is 4. The maximum atomic E-state index is 13.0. The molecule has 0 fully saturated rings. The Morgan fingerprint density at radius 2 is 1.60 bits per heavy atom. The van der Waals surface area contributed by atoms with E-state index in [2.05, 4.69) is 25.0 Å². The SMILES string of the molecule is COc1cc(-c2noc(COC(=O)CCc3nc(-c4ccc(F)cc4)no3)n2)ccc1OC(F)F. The molecule has 2 heterocycles. The Labute approximate surface area is 195 Å². The van der Waals surface area contributed by atoms with Crippen LogP contribution in [0, 0.1) is 5.82 Å². The fraction of sp³-hybridized carbons (Fsp3) is 0.227. The van der Waals surface area contributed by atoms with Gasteiger partial charge in [-0.3, -0.25) is 4.79 Å². The number of methoxy groups -OCH3 is 1. The largest absolute Gasteiger partial charge is 0.493 e. The first-order valence-electron chi connectivity index (χ1n) is 10.1. The van der Waals surface area contributed by atoms with Crippen LogP contribution in [0.25, 0.3) is 22.8 Å². The van der Waals surface area contributed by atoms with Crippen LogP contribution in [0.5, 0.6) is 11.5 Å². The van der Waals surface area contributed by atoms with Crippen LogP contribution in [0.4, 0.5) is 13.2 Å². The number of esters is 1. The number of nitrogens with zero attached hydrogens (tertiary/aromatic N) is 4. The molecule has 0 radical (unpaired) electrons. The summed E-state index contributed by atoms with van der Waals surface area (Å²) in [4.78, 5) is 20.3. The van der Waals surface area contributed by atoms with Crippen molar-refractivity contribution in [2.45, 2.75) is 26.1 Å². The van der Waals surface area contributed by atoms with Gasteiger partial charge in [-0.15, -0.1) is 0 Å². The van der Waals surface area contributed by atoms with E-state index in [1.165, 1.54) is 49.6 Å². The quantitative estimate of drug-likeness (QED) is 0.299. The van der Waals surface area contributed by atoms with Gasteiger partial charge in [0.1, 0.15) is 5.82 Å². The minimum absolute atomic E-state index is 0.0246. The highest BCUT2D eigenvalue weighted by atomic mass is 19.3. The molecular formula is C22H17F3N4O6. The second-order valence-corrected chi connectivity index (χ2v) is 6.94. The molecule has 0 aliphatic carbocycles. The molecule has 35 heavy (non-hydrogen) atoms. The third-order valence-corrected chi connectivity index (χ3v) is 4.58. The van der Waals surface area contributed by atoms with Crippen molar-refractivity contribution in [1.29, 1.82) is 0 Å². The standard InChI is InChI=1S/C22H17F3N4O6/c1-31-16-10-13(4-7-15(16)33-22(24)25)21-27-18(35-29-21)11-32-19(30)9-8-17-26-20(28-34-17)12-2-5-14(23)6-3-12/h2-7,10,22H,8-9,11H2,1H3. The molecule has 10 nitrogen and oxygen atoms in total. The number of carbonyl (C=O) groups is 1. The van der Waals surface area contributed by atoms with Crippen molar-refractivity contribution in [3.05, 3.63) is 60.1 Å². The van der Waals surface area contributed by atoms with E-state index in [1.807, 2.05) is 0 Å². The maximum absolute atomic E-state index is 13.0. The molecule has 4 aromatic rings. The van der Waals surface area contributed by atoms with Crippen molar-refractivity contribution in [1.82, 2.24) is 20.3 Å². The van der Waals surface area contributed by atoms with Crippen LogP contribution in [-0.2, 0) is 22.6 Å². The summed E-state index contributed by atoms with van der Waals surface area (Å²) in [6, 6.07) is 9.72. The Kier molecular flexibility index (Phi) is 7.24. The molecule has 0 aliphatic rings. The number of rotatable bonds is 10. The van der Waals surface area contributed by atoms with Gasteiger partial charge >= 0.3 is 12.6 Å². The highest BCUT2D eigenvalue weighted by molar-refractivity contribution is 5.69. The number of benzene rings is 2. The maximum Gasteiger partial charge on any atom is 0.387 e. The van der Waals surface area contributed by atoms with Crippen LogP contribution in [0.15, 0.2) is 51.5 Å². The van der Waals surface area contributed by atoms with E-state index < -0.39 is 12.6 Å². The lowest BCUT2D eigenvalue weighted by molar-refractivity contribution is -0.145. The van der Waals surface area contributed by atoms with Gasteiger partial charge in [0.25, 0.3) is 5.89 Å². The van der Waals surface area contributed by atoms with Crippen LogP contribution in [-0.4, -0.2) is 40.0 Å². The van der Waals surface area contributed by atoms with Gasteiger partial charge in [-0.05, 0) is 42.5 Å². The summed E-state index contributed by atoms with van der Waals surface area (Å²) >= 11 is 0. The van der Waals surface area contributed by atoms with Crippen molar-refractivity contribution in [2.24, 2.45) is 0 Å². The molecular weight excluding hydrogens is 473 g/mol. The van der Waals surface area contributed by atoms with Gasteiger partial charge in [0.15, 0.2) is 18.1 Å². The first kappa shape index (κ1) is 23.7. The van der Waals surface area contributed by atoms with E-state index in [0.717, 1.165) is 0 Å². The molecule has 0 saturated carbocycles. The van der Waals surface area contributed by atoms with E-state index in [0.29, 0.717) is 11.1 Å². The molecule has 4 rings (SSSR count). The number of aryl methyl sites for hydroxylation is 1. The molecule has 2 aromatic carbocycles. The molecule has 182 valence electrons. The second kappa shape index (κ2) is 10.7. The Hall–Kier alpha value is -4.42. The van der Waals surface area contributed by atoms with Gasteiger partial charge in [-0.1, -0.05) is 10.3 Å². The molecule has 0 saturated heterocycles. The van der Waals surface area contributed by atoms with E-state index in [1.54, 1.807) is 0 Å². The molecule has 2 aromatic heterocycles. The second-order valence-electron chi connectivity index (χ2n) is 6.94. The topological polar surface area (TPSA) is 123 Å². The molecule has 0 unspecified atom stereocenters. The van der Waals surface area contributed by atoms with Crippen LogP contribution in [0.2, 0.25) is 0 Å². The summed E-state index contributed by atoms with van der Waals surface area (Å²) in [6.07, 6.45) is 0.0871. The smallest absolute Gasteiger partial charge is 0.387 e. The van der Waals surface area contributed by atoms with Crippen molar-refractivity contribution >= 4 is 5.97 Å². The van der Waals surface area contributed by atoms with Crippen molar-refractivity contribution in [2.75, 3.05) is 7.11 Å². The molecule has 0 amide bonds. The zero-order valence-corrected chi connectivity index (χ0v) is 18.1. The number of alkyl halides is 2. The van der Waals surface area contributed by atoms with Crippen LogP contribution >= 0.6 is 0 Å². The lowest BCUT2D eigenvalue weighted by Crippen LogP contribution is -2.06. The lowest BCUT2D eigenvalue weighted by Gasteiger charge is -2.10. The van der Waals surface area contributed by atoms with Gasteiger partial charge in [0.2, 0.25) is 17.5 Å². The van der Waals surface area contributed by atoms with E-state index in [4.69, 9.17) is 18.5 Å². The fourth-order valence-electron chi connectivity index (χ4n) is 2.93. The Bertz CT molecular complexity index is 1290. The molecule has 0 aliphatic heterocycles. The van der Waals surface area contributed by atoms with Gasteiger partial charge in [-0.25, -0.2) is 4.39 Å². The zero-order valence-electron chi connectivity index (χ0n) is 18.1. The highest BCUT2D eigenvalue weighted by Gasteiger charge is 2.16. The summed E-state index contributed by atoms with van der Waals surface area (Å²) in [5.74, 6) is -0.383. The van der Waals surface area contributed by atoms with Gasteiger partial charge < -0.3 is 23.3 Å². The molecule has 0 spiro atoms. The molecule has 0 atom stereocenters. The van der Waals surface area contributed by atoms with E-state index in [9.17, 15) is 18.0 Å². The predicted molar refractivity (Wildman–Crippen MR) is 111 cm³/mol. The van der Waals surface area contributed by atoms with Gasteiger partial charge in [-0.2, -0.15) is 18.7 Å². The average Bonchev–Trinajstić information content (AvgIpc) is 3.52. The predicted octanol–water partition coefficient (Wildman–Crippen LogP) is 4.21. The van der Waals surface area contributed by atoms with Crippen LogP contribution in [0.3, 0.4) is 0 Å². The van der Waals surface area contributed by atoms with Crippen LogP contribution < -0.4 is 9.47 Å². The average molecular weight is 490 g/mol. The summed E-state index contributed by atoms with van der Waals surface area (Å²) in [5, 5.41) is 7.59. The minimum Gasteiger partial charge on any atom is -0.493 e. The Morgan fingerprint density at radius 1 is 0.943 bits per heavy atom. The fourth-order valence-corrected chi connectivity index (χ4v) is 2.93. The summed E-state index contributed by atoms with van der Waals surface area (Å²) in [7, 11) is 1.30. The van der Waals surface area contributed by atoms with Crippen LogP contribution in [0.1, 0.15) is 18.2 Å². The summed E-state index contributed by atoms with van der Waals surface area (Å²) < 4.78 is 62.6. The zero-order chi connectivity index (χ0) is 24.8. The molecule has 0 bridgehead atoms. The number of hydrogen-bond donors (Lipinski definition) is 0. The van der Waals surface area contributed by atoms with Gasteiger partial charge in [0, 0.05) is 17.5 Å². The monoisotopic (exact) mass is 490 g/mol. The highest BCUT2D eigenvalue weighted by Crippen LogP contribution is 2.32. The summed E-state index contributed by atoms with van der Waals surface area (Å²) in [6.45, 7) is -3.28. The first-order valence-corrected chi connectivity index (χ1v) is 10.1. The van der Waals surface area contributed by atoms with E-state index in [-0.39, 0.29) is 60.2 Å². The normalized spacial score (nSPS) is 11.0. The Balaban J connectivity index is 1.29. The Morgan fingerprint density at radius 3 is 2.31 bits per heavy atom. The number of halogens is 3. The van der Waals surface area contributed by atoms with E-state index >= 15 is 0 Å². The van der Waals surface area contributed by atoms with Crippen molar-refractivity contribution in [3.8, 4) is 34.3 Å².